The van der Waals surface area contributed by atoms with Gasteiger partial charge in [0.1, 0.15) is 0 Å². The number of aryl methyl sites for hydroxylation is 1. The van der Waals surface area contributed by atoms with Crippen molar-refractivity contribution in [2.24, 2.45) is 0 Å². The van der Waals surface area contributed by atoms with Crippen LogP contribution in [0, 0.1) is 6.92 Å². The highest BCUT2D eigenvalue weighted by atomic mass is 16.4. The molecule has 19 heavy (non-hydrogen) atoms. The van der Waals surface area contributed by atoms with Crippen LogP contribution in [0.15, 0.2) is 41.0 Å². The fourth-order valence-electron chi connectivity index (χ4n) is 1.99. The van der Waals surface area contributed by atoms with Crippen LogP contribution in [-0.2, 0) is 13.0 Å². The second-order valence-electron chi connectivity index (χ2n) is 4.50. The smallest absolute Gasteiger partial charge is 0.372 e. The Morgan fingerprint density at radius 1 is 1.37 bits per heavy atom. The first-order valence-corrected chi connectivity index (χ1v) is 6.23. The first kappa shape index (κ1) is 13.4. The SMILES string of the molecule is Cc1cccc(CCNCc2ccoc2C(=O)O)c1. The molecule has 2 aromatic rings. The van der Waals surface area contributed by atoms with Crippen molar-refractivity contribution in [1.82, 2.24) is 5.32 Å². The molecule has 0 aliphatic heterocycles. The lowest BCUT2D eigenvalue weighted by molar-refractivity contribution is 0.0660. The van der Waals surface area contributed by atoms with Gasteiger partial charge < -0.3 is 14.8 Å². The fraction of sp³-hybridized carbons (Fsp3) is 0.267. The Morgan fingerprint density at radius 3 is 2.95 bits per heavy atom. The molecule has 1 heterocycles. The van der Waals surface area contributed by atoms with Crippen molar-refractivity contribution in [3.8, 4) is 0 Å². The van der Waals surface area contributed by atoms with Gasteiger partial charge in [-0.05, 0) is 31.5 Å². The van der Waals surface area contributed by atoms with E-state index in [0.29, 0.717) is 12.1 Å². The summed E-state index contributed by atoms with van der Waals surface area (Å²) in [6.45, 7) is 3.37. The molecule has 0 bridgehead atoms. The van der Waals surface area contributed by atoms with Crippen molar-refractivity contribution < 1.29 is 14.3 Å². The molecule has 4 heteroatoms. The zero-order valence-corrected chi connectivity index (χ0v) is 10.8. The van der Waals surface area contributed by atoms with Crippen molar-refractivity contribution in [3.63, 3.8) is 0 Å². The van der Waals surface area contributed by atoms with Gasteiger partial charge in [-0.15, -0.1) is 0 Å². The number of carboxylic acids is 1. The largest absolute Gasteiger partial charge is 0.475 e. The van der Waals surface area contributed by atoms with Gasteiger partial charge in [-0.2, -0.15) is 0 Å². The van der Waals surface area contributed by atoms with Crippen LogP contribution in [-0.4, -0.2) is 17.6 Å². The Labute approximate surface area is 112 Å². The molecule has 2 N–H and O–H groups in total. The molecular weight excluding hydrogens is 242 g/mol. The van der Waals surface area contributed by atoms with E-state index in [2.05, 4.69) is 30.4 Å². The predicted octanol–water partition coefficient (Wildman–Crippen LogP) is 2.62. The first-order chi connectivity index (χ1) is 9.16. The van der Waals surface area contributed by atoms with Gasteiger partial charge in [0.05, 0.1) is 6.26 Å². The van der Waals surface area contributed by atoms with Crippen LogP contribution in [0.3, 0.4) is 0 Å². The second-order valence-corrected chi connectivity index (χ2v) is 4.50. The van der Waals surface area contributed by atoms with E-state index in [1.54, 1.807) is 6.07 Å². The van der Waals surface area contributed by atoms with Crippen LogP contribution >= 0.6 is 0 Å². The van der Waals surface area contributed by atoms with Gasteiger partial charge in [0, 0.05) is 12.1 Å². The molecule has 0 spiro atoms. The number of aromatic carboxylic acids is 1. The number of benzene rings is 1. The number of hydrogen-bond acceptors (Lipinski definition) is 3. The van der Waals surface area contributed by atoms with Crippen LogP contribution in [0.1, 0.15) is 27.2 Å². The summed E-state index contributed by atoms with van der Waals surface area (Å²) in [6.07, 6.45) is 2.32. The Morgan fingerprint density at radius 2 is 2.21 bits per heavy atom. The number of nitrogens with one attached hydrogen (secondary N) is 1. The minimum absolute atomic E-state index is 0.0167. The summed E-state index contributed by atoms with van der Waals surface area (Å²) >= 11 is 0. The van der Waals surface area contributed by atoms with E-state index < -0.39 is 5.97 Å². The molecule has 0 radical (unpaired) electrons. The second kappa shape index (κ2) is 6.20. The molecule has 100 valence electrons. The zero-order chi connectivity index (χ0) is 13.7. The number of furan rings is 1. The van der Waals surface area contributed by atoms with Crippen LogP contribution < -0.4 is 5.32 Å². The molecule has 0 aliphatic carbocycles. The van der Waals surface area contributed by atoms with E-state index in [9.17, 15) is 4.79 Å². The summed E-state index contributed by atoms with van der Waals surface area (Å²) in [5, 5.41) is 12.1. The highest BCUT2D eigenvalue weighted by Crippen LogP contribution is 2.10. The van der Waals surface area contributed by atoms with Gasteiger partial charge in [-0.25, -0.2) is 4.79 Å². The average Bonchev–Trinajstić information content (AvgIpc) is 2.83. The highest BCUT2D eigenvalue weighted by Gasteiger charge is 2.12. The van der Waals surface area contributed by atoms with Crippen molar-refractivity contribution in [2.45, 2.75) is 19.9 Å². The van der Waals surface area contributed by atoms with Gasteiger partial charge in [0.2, 0.25) is 5.76 Å². The minimum atomic E-state index is -1.03. The number of carboxylic acid groups (broad SMARTS) is 1. The summed E-state index contributed by atoms with van der Waals surface area (Å²) < 4.78 is 4.92. The van der Waals surface area contributed by atoms with E-state index in [0.717, 1.165) is 13.0 Å². The normalized spacial score (nSPS) is 10.6. The molecule has 0 fully saturated rings. The molecule has 0 atom stereocenters. The average molecular weight is 259 g/mol. The topological polar surface area (TPSA) is 62.5 Å². The predicted molar refractivity (Wildman–Crippen MR) is 72.3 cm³/mol. The van der Waals surface area contributed by atoms with Gasteiger partial charge >= 0.3 is 5.97 Å². The van der Waals surface area contributed by atoms with E-state index in [1.165, 1.54) is 17.4 Å². The van der Waals surface area contributed by atoms with E-state index >= 15 is 0 Å². The van der Waals surface area contributed by atoms with E-state index in [1.807, 2.05) is 6.07 Å². The lowest BCUT2D eigenvalue weighted by Gasteiger charge is -2.05. The summed E-state index contributed by atoms with van der Waals surface area (Å²) in [5.41, 5.74) is 3.20. The summed E-state index contributed by atoms with van der Waals surface area (Å²) in [7, 11) is 0. The first-order valence-electron chi connectivity index (χ1n) is 6.23. The van der Waals surface area contributed by atoms with Gasteiger partial charge in [0.15, 0.2) is 0 Å². The molecule has 0 aliphatic rings. The summed E-state index contributed by atoms with van der Waals surface area (Å²) in [4.78, 5) is 10.9. The molecule has 1 aromatic carbocycles. The molecule has 4 nitrogen and oxygen atoms in total. The van der Waals surface area contributed by atoms with Crippen LogP contribution in [0.25, 0.3) is 0 Å². The Bertz CT molecular complexity index is 560. The summed E-state index contributed by atoms with van der Waals surface area (Å²) in [5.74, 6) is -1.01. The Balaban J connectivity index is 1.81. The molecule has 0 saturated carbocycles. The van der Waals surface area contributed by atoms with E-state index in [-0.39, 0.29) is 5.76 Å². The lowest BCUT2D eigenvalue weighted by atomic mass is 10.1. The quantitative estimate of drug-likeness (QED) is 0.783. The molecular formula is C15H17NO3. The monoisotopic (exact) mass is 259 g/mol. The Hall–Kier alpha value is -2.07. The van der Waals surface area contributed by atoms with Gasteiger partial charge in [-0.3, -0.25) is 0 Å². The van der Waals surface area contributed by atoms with Gasteiger partial charge in [0.25, 0.3) is 0 Å². The van der Waals surface area contributed by atoms with Crippen molar-refractivity contribution in [1.29, 1.82) is 0 Å². The van der Waals surface area contributed by atoms with Crippen molar-refractivity contribution in [2.75, 3.05) is 6.54 Å². The van der Waals surface area contributed by atoms with Crippen LogP contribution in [0.5, 0.6) is 0 Å². The van der Waals surface area contributed by atoms with Crippen LogP contribution in [0.4, 0.5) is 0 Å². The van der Waals surface area contributed by atoms with E-state index in [4.69, 9.17) is 9.52 Å². The maximum Gasteiger partial charge on any atom is 0.372 e. The van der Waals surface area contributed by atoms with Crippen LogP contribution in [0.2, 0.25) is 0 Å². The minimum Gasteiger partial charge on any atom is -0.475 e. The highest BCUT2D eigenvalue weighted by molar-refractivity contribution is 5.86. The number of carbonyl (C=O) groups is 1. The third-order valence-corrected chi connectivity index (χ3v) is 2.93. The van der Waals surface area contributed by atoms with Crippen molar-refractivity contribution >= 4 is 5.97 Å². The number of rotatable bonds is 6. The maximum absolute atomic E-state index is 10.9. The molecule has 0 saturated heterocycles. The lowest BCUT2D eigenvalue weighted by Crippen LogP contribution is -2.17. The van der Waals surface area contributed by atoms with Gasteiger partial charge in [-0.1, -0.05) is 29.8 Å². The Kier molecular flexibility index (Phi) is 4.36. The third-order valence-electron chi connectivity index (χ3n) is 2.93. The zero-order valence-electron chi connectivity index (χ0n) is 10.8. The molecule has 0 unspecified atom stereocenters. The molecule has 1 aromatic heterocycles. The molecule has 2 rings (SSSR count). The summed E-state index contributed by atoms with van der Waals surface area (Å²) in [6, 6.07) is 10.0. The molecule has 0 amide bonds. The fourth-order valence-corrected chi connectivity index (χ4v) is 1.99. The maximum atomic E-state index is 10.9. The third kappa shape index (κ3) is 3.69. The number of hydrogen-bond donors (Lipinski definition) is 2. The van der Waals surface area contributed by atoms with Crippen molar-refractivity contribution in [3.05, 3.63) is 59.0 Å². The standard InChI is InChI=1S/C15H17NO3/c1-11-3-2-4-12(9-11)5-7-16-10-13-6-8-19-14(13)15(17)18/h2-4,6,8-9,16H,5,7,10H2,1H3,(H,17,18).